The van der Waals surface area contributed by atoms with Gasteiger partial charge in [-0.15, -0.1) is 0 Å². The van der Waals surface area contributed by atoms with E-state index >= 15 is 0 Å². The normalized spacial score (nSPS) is 11.1. The molecule has 1 aromatic heterocycles. The van der Waals surface area contributed by atoms with Gasteiger partial charge in [0.05, 0.1) is 22.4 Å². The third-order valence-corrected chi connectivity index (χ3v) is 9.42. The molecule has 0 bridgehead atoms. The fourth-order valence-electron chi connectivity index (χ4n) is 6.97. The summed E-state index contributed by atoms with van der Waals surface area (Å²) in [5.41, 5.74) is 12.0. The molecule has 0 fully saturated rings. The Hall–Kier alpha value is -7.04. The molecule has 4 nitrogen and oxygen atoms in total. The molecule has 52 heavy (non-hydrogen) atoms. The molecule has 246 valence electrons. The number of anilines is 6. The molecule has 9 aromatic rings. The molecule has 9 rings (SSSR count). The molecule has 0 unspecified atom stereocenters. The molecule has 0 aliphatic carbocycles. The van der Waals surface area contributed by atoms with Crippen LogP contribution in [0.15, 0.2) is 206 Å². The number of nitrogens with zero attached hydrogens (tertiary/aromatic N) is 4. The molecule has 8 aromatic carbocycles. The molecule has 0 amide bonds. The number of benzene rings is 8. The predicted octanol–water partition coefficient (Wildman–Crippen LogP) is 13.1. The van der Waals surface area contributed by atoms with Crippen molar-refractivity contribution in [1.82, 2.24) is 9.97 Å². The van der Waals surface area contributed by atoms with Crippen molar-refractivity contribution >= 4 is 55.9 Å². The summed E-state index contributed by atoms with van der Waals surface area (Å²) in [6.07, 6.45) is 0. The van der Waals surface area contributed by atoms with Gasteiger partial charge in [0.2, 0.25) is 0 Å². The minimum absolute atomic E-state index is 0.860. The lowest BCUT2D eigenvalue weighted by Gasteiger charge is -2.28. The molecular formula is C48H34N4. The van der Waals surface area contributed by atoms with Crippen molar-refractivity contribution in [3.8, 4) is 22.5 Å². The number of rotatable bonds is 8. The van der Waals surface area contributed by atoms with Crippen LogP contribution in [0.2, 0.25) is 0 Å². The average molecular weight is 667 g/mol. The van der Waals surface area contributed by atoms with Gasteiger partial charge in [0, 0.05) is 45.3 Å². The number of hydrogen-bond donors (Lipinski definition) is 0. The van der Waals surface area contributed by atoms with E-state index in [4.69, 9.17) is 9.97 Å². The van der Waals surface area contributed by atoms with Crippen molar-refractivity contribution < 1.29 is 0 Å². The minimum atomic E-state index is 0.860. The van der Waals surface area contributed by atoms with E-state index in [-0.39, 0.29) is 0 Å². The van der Waals surface area contributed by atoms with Crippen molar-refractivity contribution in [2.45, 2.75) is 0 Å². The first-order valence-corrected chi connectivity index (χ1v) is 17.5. The number of fused-ring (bicyclic) bond motifs is 2. The second-order valence-corrected chi connectivity index (χ2v) is 12.7. The van der Waals surface area contributed by atoms with Crippen LogP contribution in [0.4, 0.5) is 34.1 Å². The van der Waals surface area contributed by atoms with E-state index in [1.807, 2.05) is 24.3 Å². The Morgan fingerprint density at radius 3 is 1.19 bits per heavy atom. The lowest BCUT2D eigenvalue weighted by molar-refractivity contribution is 1.25. The fourth-order valence-corrected chi connectivity index (χ4v) is 6.97. The molecule has 0 saturated carbocycles. The van der Waals surface area contributed by atoms with E-state index in [2.05, 4.69) is 192 Å². The zero-order valence-electron chi connectivity index (χ0n) is 28.4. The third-order valence-electron chi connectivity index (χ3n) is 9.42. The van der Waals surface area contributed by atoms with Crippen LogP contribution < -0.4 is 9.80 Å². The molecule has 0 radical (unpaired) electrons. The maximum atomic E-state index is 5.21. The first-order valence-electron chi connectivity index (χ1n) is 17.5. The largest absolute Gasteiger partial charge is 0.311 e. The maximum absolute atomic E-state index is 5.21. The SMILES string of the molecule is c1ccc(N(c2ccccc2)c2ccc(N(c3ccccc3)c3ccc(-c4nc5ccccc5nc4-c4cccc5ccccc45)cc3)cc2)cc1. The Kier molecular flexibility index (Phi) is 8.16. The highest BCUT2D eigenvalue weighted by Gasteiger charge is 2.18. The first-order chi connectivity index (χ1) is 25.8. The summed E-state index contributed by atoms with van der Waals surface area (Å²) in [5.74, 6) is 0. The van der Waals surface area contributed by atoms with Crippen LogP contribution in [-0.2, 0) is 0 Å². The Labute approximate surface area is 303 Å². The summed E-state index contributed by atoms with van der Waals surface area (Å²) in [6, 6.07) is 71.9. The average Bonchev–Trinajstić information content (AvgIpc) is 3.22. The van der Waals surface area contributed by atoms with Gasteiger partial charge in [0.15, 0.2) is 0 Å². The Morgan fingerprint density at radius 1 is 0.288 bits per heavy atom. The summed E-state index contributed by atoms with van der Waals surface area (Å²) in [7, 11) is 0. The second kappa shape index (κ2) is 13.7. The standard InChI is InChI=1S/C48H34N4/c1-4-17-37(18-5-1)51(38-19-6-2-7-20-38)41-31-33-42(34-32-41)52(39-21-8-3-9-22-39)40-29-27-36(28-30-40)47-48(50-46-26-13-12-25-45(46)49-47)44-24-14-16-35-15-10-11-23-43(35)44/h1-34H. The van der Waals surface area contributed by atoms with Gasteiger partial charge in [-0.2, -0.15) is 0 Å². The van der Waals surface area contributed by atoms with Crippen molar-refractivity contribution in [3.63, 3.8) is 0 Å². The van der Waals surface area contributed by atoms with Gasteiger partial charge in [-0.1, -0.05) is 121 Å². The van der Waals surface area contributed by atoms with Gasteiger partial charge < -0.3 is 9.80 Å². The van der Waals surface area contributed by atoms with E-state index in [0.29, 0.717) is 0 Å². The Morgan fingerprint density at radius 2 is 0.673 bits per heavy atom. The van der Waals surface area contributed by atoms with Crippen LogP contribution in [0.1, 0.15) is 0 Å². The van der Waals surface area contributed by atoms with Crippen LogP contribution in [0.5, 0.6) is 0 Å². The molecule has 0 atom stereocenters. The zero-order valence-corrected chi connectivity index (χ0v) is 28.4. The first kappa shape index (κ1) is 31.0. The van der Waals surface area contributed by atoms with Gasteiger partial charge in [-0.05, 0) is 95.7 Å². The van der Waals surface area contributed by atoms with Crippen LogP contribution in [0, 0.1) is 0 Å². The van der Waals surface area contributed by atoms with Gasteiger partial charge in [-0.25, -0.2) is 9.97 Å². The Bertz CT molecular complexity index is 2560. The summed E-state index contributed by atoms with van der Waals surface area (Å²) in [5, 5.41) is 2.33. The van der Waals surface area contributed by atoms with Crippen molar-refractivity contribution in [3.05, 3.63) is 206 Å². The predicted molar refractivity (Wildman–Crippen MR) is 217 cm³/mol. The van der Waals surface area contributed by atoms with E-state index in [9.17, 15) is 0 Å². The van der Waals surface area contributed by atoms with Gasteiger partial charge in [0.1, 0.15) is 0 Å². The molecule has 0 aliphatic heterocycles. The quantitative estimate of drug-likeness (QED) is 0.162. The molecule has 1 heterocycles. The van der Waals surface area contributed by atoms with E-state index in [1.165, 1.54) is 5.39 Å². The fraction of sp³-hybridized carbons (Fsp3) is 0. The smallest absolute Gasteiger partial charge is 0.0979 e. The number of aromatic nitrogens is 2. The highest BCUT2D eigenvalue weighted by molar-refractivity contribution is 6.00. The van der Waals surface area contributed by atoms with Gasteiger partial charge in [-0.3, -0.25) is 0 Å². The molecule has 4 heteroatoms. The van der Waals surface area contributed by atoms with E-state index < -0.39 is 0 Å². The van der Waals surface area contributed by atoms with E-state index in [1.54, 1.807) is 0 Å². The zero-order chi connectivity index (χ0) is 34.7. The monoisotopic (exact) mass is 666 g/mol. The molecule has 0 saturated heterocycles. The highest BCUT2D eigenvalue weighted by atomic mass is 15.2. The molecule has 0 aliphatic rings. The van der Waals surface area contributed by atoms with Gasteiger partial charge >= 0.3 is 0 Å². The van der Waals surface area contributed by atoms with Crippen molar-refractivity contribution in [2.75, 3.05) is 9.80 Å². The topological polar surface area (TPSA) is 32.3 Å². The highest BCUT2D eigenvalue weighted by Crippen LogP contribution is 2.40. The molecule has 0 N–H and O–H groups in total. The summed E-state index contributed by atoms with van der Waals surface area (Å²) < 4.78 is 0. The maximum Gasteiger partial charge on any atom is 0.0979 e. The third kappa shape index (κ3) is 5.93. The molecular weight excluding hydrogens is 633 g/mol. The molecule has 0 spiro atoms. The summed E-state index contributed by atoms with van der Waals surface area (Å²) >= 11 is 0. The second-order valence-electron chi connectivity index (χ2n) is 12.7. The van der Waals surface area contributed by atoms with Gasteiger partial charge in [0.25, 0.3) is 0 Å². The summed E-state index contributed by atoms with van der Waals surface area (Å²) in [4.78, 5) is 15.0. The number of hydrogen-bond acceptors (Lipinski definition) is 4. The number of para-hydroxylation sites is 5. The lowest BCUT2D eigenvalue weighted by Crippen LogP contribution is -2.12. The van der Waals surface area contributed by atoms with Crippen LogP contribution in [0.25, 0.3) is 44.3 Å². The van der Waals surface area contributed by atoms with Crippen molar-refractivity contribution in [2.24, 2.45) is 0 Å². The minimum Gasteiger partial charge on any atom is -0.311 e. The van der Waals surface area contributed by atoms with Crippen LogP contribution >= 0.6 is 0 Å². The van der Waals surface area contributed by atoms with Crippen LogP contribution in [-0.4, -0.2) is 9.97 Å². The van der Waals surface area contributed by atoms with Crippen molar-refractivity contribution in [1.29, 1.82) is 0 Å². The lowest BCUT2D eigenvalue weighted by atomic mass is 9.98. The van der Waals surface area contributed by atoms with Crippen LogP contribution in [0.3, 0.4) is 0 Å². The summed E-state index contributed by atoms with van der Waals surface area (Å²) in [6.45, 7) is 0. The van der Waals surface area contributed by atoms with E-state index in [0.717, 1.165) is 73.1 Å². The Balaban J connectivity index is 1.13.